The number of hydrogen-bond donors (Lipinski definition) is 1. The van der Waals surface area contributed by atoms with Crippen LogP contribution in [0.3, 0.4) is 0 Å². The van der Waals surface area contributed by atoms with E-state index in [0.29, 0.717) is 13.2 Å². The van der Waals surface area contributed by atoms with E-state index in [0.717, 1.165) is 39.3 Å². The third-order valence-electron chi connectivity index (χ3n) is 8.42. The Morgan fingerprint density at radius 3 is 1.48 bits per heavy atom. The Labute approximate surface area is 259 Å². The molecule has 0 heterocycles. The van der Waals surface area contributed by atoms with E-state index in [1.165, 1.54) is 27.1 Å². The Bertz CT molecular complexity index is 1910. The fraction of sp³-hybridized carbons (Fsp3) is 0.200. The number of aliphatic hydroxyl groups excluding tert-OH is 1. The van der Waals surface area contributed by atoms with E-state index < -0.39 is 0 Å². The quantitative estimate of drug-likeness (QED) is 0.155. The molecule has 0 aliphatic rings. The van der Waals surface area contributed by atoms with E-state index in [1.807, 2.05) is 6.07 Å². The van der Waals surface area contributed by atoms with Crippen molar-refractivity contribution >= 4 is 21.5 Å². The van der Waals surface area contributed by atoms with Crippen LogP contribution in [0, 0.1) is 0 Å². The standard InChI is InChI=1S/C40H38O4/c1-40(2,34-16-18-38(43-21-20-41)36(26-34)32-14-12-28-8-4-6-10-30(28)24-32)35-17-19-39(44-23-22-42-3)37(27-35)33-15-13-29-9-5-7-11-31(29)25-33/h4-19,24-27,41H,20-23H2,1-3H3. The van der Waals surface area contributed by atoms with Gasteiger partial charge in [-0.1, -0.05) is 98.8 Å². The predicted molar refractivity (Wildman–Crippen MR) is 181 cm³/mol. The first-order valence-electron chi connectivity index (χ1n) is 15.1. The molecule has 0 aliphatic carbocycles. The molecule has 0 fully saturated rings. The molecule has 0 radical (unpaired) electrons. The van der Waals surface area contributed by atoms with E-state index in [4.69, 9.17) is 14.2 Å². The third kappa shape index (κ3) is 6.05. The van der Waals surface area contributed by atoms with Gasteiger partial charge in [-0.3, -0.25) is 0 Å². The highest BCUT2D eigenvalue weighted by Gasteiger charge is 2.26. The van der Waals surface area contributed by atoms with Crippen molar-refractivity contribution in [2.75, 3.05) is 33.5 Å². The van der Waals surface area contributed by atoms with Crippen molar-refractivity contribution in [1.29, 1.82) is 0 Å². The molecular weight excluding hydrogens is 544 g/mol. The summed E-state index contributed by atoms with van der Waals surface area (Å²) in [6.45, 7) is 5.71. The summed E-state index contributed by atoms with van der Waals surface area (Å²) < 4.78 is 17.5. The minimum absolute atomic E-state index is 0.0409. The highest BCUT2D eigenvalue weighted by Crippen LogP contribution is 2.42. The van der Waals surface area contributed by atoms with E-state index in [2.05, 4.69) is 129 Å². The van der Waals surface area contributed by atoms with Crippen LogP contribution in [-0.4, -0.2) is 38.6 Å². The number of ether oxygens (including phenoxy) is 3. The summed E-state index contributed by atoms with van der Waals surface area (Å²) in [6.07, 6.45) is 0. The molecule has 44 heavy (non-hydrogen) atoms. The monoisotopic (exact) mass is 582 g/mol. The molecular formula is C40H38O4. The molecule has 4 heteroatoms. The van der Waals surface area contributed by atoms with Gasteiger partial charge in [0.2, 0.25) is 0 Å². The minimum atomic E-state index is -0.336. The molecule has 6 rings (SSSR count). The zero-order chi connectivity index (χ0) is 30.5. The van der Waals surface area contributed by atoms with Crippen LogP contribution in [0.4, 0.5) is 0 Å². The second kappa shape index (κ2) is 12.9. The van der Waals surface area contributed by atoms with Crippen LogP contribution in [0.1, 0.15) is 25.0 Å². The first kappa shape index (κ1) is 29.4. The Kier molecular flexibility index (Phi) is 8.65. The number of methoxy groups -OCH3 is 1. The second-order valence-corrected chi connectivity index (χ2v) is 11.6. The van der Waals surface area contributed by atoms with Gasteiger partial charge >= 0.3 is 0 Å². The topological polar surface area (TPSA) is 47.9 Å². The number of fused-ring (bicyclic) bond motifs is 2. The lowest BCUT2D eigenvalue weighted by molar-refractivity contribution is 0.146. The third-order valence-corrected chi connectivity index (χ3v) is 8.42. The summed E-state index contributed by atoms with van der Waals surface area (Å²) in [7, 11) is 1.69. The smallest absolute Gasteiger partial charge is 0.127 e. The van der Waals surface area contributed by atoms with E-state index in [1.54, 1.807) is 7.11 Å². The summed E-state index contributed by atoms with van der Waals surface area (Å²) in [5.41, 5.74) is 6.24. The molecule has 6 aromatic rings. The molecule has 222 valence electrons. The average Bonchev–Trinajstić information content (AvgIpc) is 3.07. The van der Waals surface area contributed by atoms with Gasteiger partial charge in [0.25, 0.3) is 0 Å². The first-order valence-corrected chi connectivity index (χ1v) is 15.1. The van der Waals surface area contributed by atoms with Gasteiger partial charge < -0.3 is 19.3 Å². The lowest BCUT2D eigenvalue weighted by Crippen LogP contribution is -2.19. The maximum absolute atomic E-state index is 9.49. The average molecular weight is 583 g/mol. The van der Waals surface area contributed by atoms with Crippen LogP contribution < -0.4 is 9.47 Å². The number of rotatable bonds is 11. The van der Waals surface area contributed by atoms with Crippen LogP contribution >= 0.6 is 0 Å². The van der Waals surface area contributed by atoms with Gasteiger partial charge in [0.15, 0.2) is 0 Å². The van der Waals surface area contributed by atoms with Crippen molar-refractivity contribution in [2.24, 2.45) is 0 Å². The maximum atomic E-state index is 9.49. The molecule has 0 bridgehead atoms. The summed E-state index contributed by atoms with van der Waals surface area (Å²) in [4.78, 5) is 0. The van der Waals surface area contributed by atoms with Crippen molar-refractivity contribution in [2.45, 2.75) is 19.3 Å². The minimum Gasteiger partial charge on any atom is -0.491 e. The van der Waals surface area contributed by atoms with Gasteiger partial charge in [0.1, 0.15) is 24.7 Å². The Morgan fingerprint density at radius 2 is 1.00 bits per heavy atom. The molecule has 0 aliphatic heterocycles. The Hall–Kier alpha value is -4.64. The normalized spacial score (nSPS) is 11.6. The highest BCUT2D eigenvalue weighted by molar-refractivity contribution is 5.89. The Balaban J connectivity index is 1.44. The van der Waals surface area contributed by atoms with Gasteiger partial charge in [0, 0.05) is 23.7 Å². The summed E-state index contributed by atoms with van der Waals surface area (Å²) in [5.74, 6) is 1.59. The SMILES string of the molecule is COCCOc1ccc(C(C)(C)c2ccc(OCCO)c(-c3ccc4ccccc4c3)c2)cc1-c1ccc2ccccc2c1. The zero-order valence-corrected chi connectivity index (χ0v) is 25.5. The van der Waals surface area contributed by atoms with E-state index >= 15 is 0 Å². The van der Waals surface area contributed by atoms with Crippen molar-refractivity contribution in [3.8, 4) is 33.8 Å². The molecule has 4 nitrogen and oxygen atoms in total. The summed E-state index contributed by atoms with van der Waals surface area (Å²) >= 11 is 0. The van der Waals surface area contributed by atoms with Crippen molar-refractivity contribution in [1.82, 2.24) is 0 Å². The largest absolute Gasteiger partial charge is 0.491 e. The van der Waals surface area contributed by atoms with Crippen LogP contribution in [0.5, 0.6) is 11.5 Å². The molecule has 1 N–H and O–H groups in total. The molecule has 0 aromatic heterocycles. The predicted octanol–water partition coefficient (Wildman–Crippen LogP) is 9.05. The number of hydrogen-bond acceptors (Lipinski definition) is 4. The molecule has 0 unspecified atom stereocenters. The van der Waals surface area contributed by atoms with Crippen LogP contribution in [0.15, 0.2) is 121 Å². The summed E-state index contributed by atoms with van der Waals surface area (Å²) in [6, 6.07) is 42.8. The highest BCUT2D eigenvalue weighted by atomic mass is 16.5. The van der Waals surface area contributed by atoms with Crippen molar-refractivity contribution in [3.63, 3.8) is 0 Å². The van der Waals surface area contributed by atoms with E-state index in [-0.39, 0.29) is 18.6 Å². The number of aliphatic hydroxyl groups is 1. The van der Waals surface area contributed by atoms with Gasteiger partial charge in [0.05, 0.1) is 13.2 Å². The summed E-state index contributed by atoms with van der Waals surface area (Å²) in [5, 5.41) is 14.3. The zero-order valence-electron chi connectivity index (χ0n) is 25.5. The van der Waals surface area contributed by atoms with Crippen molar-refractivity contribution < 1.29 is 19.3 Å². The fourth-order valence-electron chi connectivity index (χ4n) is 5.81. The van der Waals surface area contributed by atoms with Gasteiger partial charge in [-0.25, -0.2) is 0 Å². The second-order valence-electron chi connectivity index (χ2n) is 11.6. The maximum Gasteiger partial charge on any atom is 0.127 e. The van der Waals surface area contributed by atoms with Crippen LogP contribution in [0.25, 0.3) is 43.8 Å². The number of benzene rings is 6. The van der Waals surface area contributed by atoms with Gasteiger partial charge in [-0.15, -0.1) is 0 Å². The first-order chi connectivity index (χ1) is 21.5. The molecule has 0 amide bonds. The van der Waals surface area contributed by atoms with Crippen LogP contribution in [0.2, 0.25) is 0 Å². The molecule has 0 saturated heterocycles. The van der Waals surface area contributed by atoms with Gasteiger partial charge in [-0.05, 0) is 80.2 Å². The lowest BCUT2D eigenvalue weighted by atomic mass is 9.76. The Morgan fingerprint density at radius 1 is 0.523 bits per heavy atom. The van der Waals surface area contributed by atoms with Crippen molar-refractivity contribution in [3.05, 3.63) is 132 Å². The molecule has 0 saturated carbocycles. The lowest BCUT2D eigenvalue weighted by Gasteiger charge is -2.28. The molecule has 6 aromatic carbocycles. The fourth-order valence-corrected chi connectivity index (χ4v) is 5.81. The van der Waals surface area contributed by atoms with Gasteiger partial charge in [-0.2, -0.15) is 0 Å². The van der Waals surface area contributed by atoms with E-state index in [9.17, 15) is 5.11 Å². The van der Waals surface area contributed by atoms with Crippen LogP contribution in [-0.2, 0) is 10.2 Å². The molecule has 0 spiro atoms. The molecule has 0 atom stereocenters.